The lowest BCUT2D eigenvalue weighted by atomic mass is 10.2. The number of halogens is 5. The first-order chi connectivity index (χ1) is 17.3. The van der Waals surface area contributed by atoms with Crippen LogP contribution in [-0.2, 0) is 0 Å². The zero-order valence-corrected chi connectivity index (χ0v) is 21.6. The molecule has 37 heavy (non-hydrogen) atoms. The molecule has 2 aromatic heterocycles. The number of nitrogens with one attached hydrogen (secondary N) is 1. The normalized spacial score (nSPS) is 12.5. The van der Waals surface area contributed by atoms with E-state index in [-0.39, 0.29) is 39.3 Å². The quantitative estimate of drug-likeness (QED) is 0.376. The van der Waals surface area contributed by atoms with Gasteiger partial charge >= 0.3 is 12.5 Å². The van der Waals surface area contributed by atoms with Crippen molar-refractivity contribution in [3.63, 3.8) is 0 Å². The zero-order chi connectivity index (χ0) is 27.5. The van der Waals surface area contributed by atoms with Crippen LogP contribution < -0.4 is 10.1 Å². The average molecular weight is 588 g/mol. The minimum atomic E-state index is -4.74. The molecule has 15 heteroatoms. The van der Waals surface area contributed by atoms with Crippen molar-refractivity contribution in [1.29, 1.82) is 0 Å². The van der Waals surface area contributed by atoms with Crippen LogP contribution in [0.15, 0.2) is 41.4 Å². The molecule has 0 radical (unpaired) electrons. The Labute approximate surface area is 217 Å². The molecule has 1 N–H and O–H groups in total. The number of aromatic nitrogens is 5. The monoisotopic (exact) mass is 587 g/mol. The van der Waals surface area contributed by atoms with E-state index in [1.54, 1.807) is 14.0 Å². The summed E-state index contributed by atoms with van der Waals surface area (Å²) in [5.74, 6) is -1.24. The van der Waals surface area contributed by atoms with Crippen LogP contribution in [0.1, 0.15) is 53.5 Å². The third-order valence-corrected chi connectivity index (χ3v) is 5.59. The second-order valence-corrected chi connectivity index (χ2v) is 9.05. The van der Waals surface area contributed by atoms with Gasteiger partial charge < -0.3 is 15.0 Å². The Morgan fingerprint density at radius 3 is 2.43 bits per heavy atom. The van der Waals surface area contributed by atoms with E-state index in [1.165, 1.54) is 34.4 Å². The van der Waals surface area contributed by atoms with E-state index in [0.29, 0.717) is 0 Å². The van der Waals surface area contributed by atoms with Gasteiger partial charge in [-0.05, 0) is 39.0 Å². The number of rotatable bonds is 9. The maximum absolute atomic E-state index is 13.3. The first-order valence-corrected chi connectivity index (χ1v) is 11.6. The lowest BCUT2D eigenvalue weighted by Gasteiger charge is -2.21. The van der Waals surface area contributed by atoms with Gasteiger partial charge in [-0.3, -0.25) is 9.59 Å². The highest BCUT2D eigenvalue weighted by Gasteiger charge is 2.44. The summed E-state index contributed by atoms with van der Waals surface area (Å²) < 4.78 is 57.2. The molecule has 198 valence electrons. The summed E-state index contributed by atoms with van der Waals surface area (Å²) in [5.41, 5.74) is -0.0133. The molecule has 0 aliphatic carbocycles. The maximum Gasteiger partial charge on any atom is 0.461 e. The highest BCUT2D eigenvalue weighted by atomic mass is 79.9. The Morgan fingerprint density at radius 2 is 1.78 bits per heavy atom. The number of ether oxygens (including phenoxy) is 1. The van der Waals surface area contributed by atoms with Gasteiger partial charge in [0.25, 0.3) is 11.8 Å². The van der Waals surface area contributed by atoms with Gasteiger partial charge in [-0.15, -0.1) is 0 Å². The van der Waals surface area contributed by atoms with Crippen LogP contribution in [0.2, 0.25) is 0 Å². The highest BCUT2D eigenvalue weighted by molar-refractivity contribution is 9.10. The van der Waals surface area contributed by atoms with E-state index < -0.39 is 30.2 Å². The van der Waals surface area contributed by atoms with Crippen molar-refractivity contribution in [3.05, 3.63) is 58.5 Å². The minimum Gasteiger partial charge on any atom is -0.428 e. The van der Waals surface area contributed by atoms with E-state index in [1.807, 2.05) is 13.8 Å². The van der Waals surface area contributed by atoms with Crippen LogP contribution >= 0.6 is 15.9 Å². The van der Waals surface area contributed by atoms with Gasteiger partial charge in [-0.1, -0.05) is 15.9 Å². The number of hydrogen-bond donors (Lipinski definition) is 1. The first-order valence-electron chi connectivity index (χ1n) is 10.8. The molecule has 3 aromatic rings. The maximum atomic E-state index is 13.3. The van der Waals surface area contributed by atoms with Crippen molar-refractivity contribution in [2.75, 3.05) is 7.05 Å². The molecular formula is C22H22BrF4N7O3. The van der Waals surface area contributed by atoms with E-state index in [0.717, 1.165) is 12.1 Å². The van der Waals surface area contributed by atoms with Crippen molar-refractivity contribution in [2.24, 2.45) is 0 Å². The lowest BCUT2D eigenvalue weighted by Crippen LogP contribution is -2.34. The summed E-state index contributed by atoms with van der Waals surface area (Å²) in [7, 11) is 1.64. The van der Waals surface area contributed by atoms with Crippen molar-refractivity contribution in [1.82, 2.24) is 34.9 Å². The van der Waals surface area contributed by atoms with E-state index >= 15 is 0 Å². The van der Waals surface area contributed by atoms with Crippen LogP contribution in [0.25, 0.3) is 5.82 Å². The summed E-state index contributed by atoms with van der Waals surface area (Å²) in [6.45, 7) is 5.29. The first kappa shape index (κ1) is 28.0. The van der Waals surface area contributed by atoms with Crippen molar-refractivity contribution in [2.45, 2.75) is 45.4 Å². The average Bonchev–Trinajstić information content (AvgIpc) is 3.32. The van der Waals surface area contributed by atoms with Crippen molar-refractivity contribution in [3.8, 4) is 11.6 Å². The summed E-state index contributed by atoms with van der Waals surface area (Å²) >= 11 is 3.05. The molecule has 0 bridgehead atoms. The molecular weight excluding hydrogens is 566 g/mol. The molecule has 2 amide bonds. The summed E-state index contributed by atoms with van der Waals surface area (Å²) in [6.07, 6.45) is -6.37. The molecule has 1 atom stereocenters. The van der Waals surface area contributed by atoms with Crippen LogP contribution in [0.5, 0.6) is 5.75 Å². The fourth-order valence-electron chi connectivity index (χ4n) is 3.02. The standard InChI is InChI=1S/C22H22BrF4N7O3/c1-11(2)33(4)20(36)16-8-17(29-9-28-16)34-18(30-10-31-34)12(3)32-19(35)13-5-14(23)7-15(6-13)37-22(26,27)21(24)25/h5-12,21H,1-4H3,(H,32,35)/t12-/m0/s1. The van der Waals surface area contributed by atoms with Crippen LogP contribution in [0.3, 0.4) is 0 Å². The number of nitrogens with zero attached hydrogens (tertiary/aromatic N) is 6. The molecule has 3 rings (SSSR count). The van der Waals surface area contributed by atoms with Crippen LogP contribution in [0.4, 0.5) is 17.6 Å². The molecule has 0 saturated heterocycles. The van der Waals surface area contributed by atoms with Crippen LogP contribution in [-0.4, -0.2) is 67.1 Å². The lowest BCUT2D eigenvalue weighted by molar-refractivity contribution is -0.253. The zero-order valence-electron chi connectivity index (χ0n) is 20.0. The molecule has 0 unspecified atom stereocenters. The summed E-state index contributed by atoms with van der Waals surface area (Å²) in [4.78, 5) is 39.3. The highest BCUT2D eigenvalue weighted by Crippen LogP contribution is 2.30. The number of benzene rings is 1. The number of carbonyl (C=O) groups excluding carboxylic acids is 2. The fraction of sp³-hybridized carbons (Fsp3) is 0.364. The third kappa shape index (κ3) is 6.58. The molecule has 1 aromatic carbocycles. The number of amides is 2. The molecule has 10 nitrogen and oxygen atoms in total. The predicted octanol–water partition coefficient (Wildman–Crippen LogP) is 4.03. The van der Waals surface area contributed by atoms with Gasteiger partial charge in [-0.2, -0.15) is 27.3 Å². The summed E-state index contributed by atoms with van der Waals surface area (Å²) in [6, 6.07) is 3.81. The Kier molecular flexibility index (Phi) is 8.46. The number of hydrogen-bond acceptors (Lipinski definition) is 7. The van der Waals surface area contributed by atoms with Gasteiger partial charge in [0.2, 0.25) is 0 Å². The fourth-order valence-corrected chi connectivity index (χ4v) is 3.49. The van der Waals surface area contributed by atoms with E-state index in [2.05, 4.69) is 46.0 Å². The van der Waals surface area contributed by atoms with Gasteiger partial charge in [0.15, 0.2) is 11.6 Å². The molecule has 0 aliphatic heterocycles. The number of carbonyl (C=O) groups is 2. The Balaban J connectivity index is 1.82. The molecule has 2 heterocycles. The van der Waals surface area contributed by atoms with Crippen molar-refractivity contribution >= 4 is 27.7 Å². The molecule has 0 fully saturated rings. The molecule has 0 saturated carbocycles. The van der Waals surface area contributed by atoms with Gasteiger partial charge in [0.05, 0.1) is 6.04 Å². The minimum absolute atomic E-state index is 0.0615. The topological polar surface area (TPSA) is 115 Å². The third-order valence-electron chi connectivity index (χ3n) is 5.13. The van der Waals surface area contributed by atoms with E-state index in [9.17, 15) is 27.2 Å². The summed E-state index contributed by atoms with van der Waals surface area (Å²) in [5, 5.41) is 6.74. The van der Waals surface area contributed by atoms with Gasteiger partial charge in [0.1, 0.15) is 24.1 Å². The Hall–Kier alpha value is -3.62. The van der Waals surface area contributed by atoms with Crippen LogP contribution in [0, 0.1) is 0 Å². The van der Waals surface area contributed by atoms with Gasteiger partial charge in [-0.25, -0.2) is 15.0 Å². The predicted molar refractivity (Wildman–Crippen MR) is 126 cm³/mol. The van der Waals surface area contributed by atoms with Crippen molar-refractivity contribution < 1.29 is 31.9 Å². The largest absolute Gasteiger partial charge is 0.461 e. The number of alkyl halides is 4. The second-order valence-electron chi connectivity index (χ2n) is 8.14. The second kappa shape index (κ2) is 11.2. The van der Waals surface area contributed by atoms with E-state index in [4.69, 9.17) is 0 Å². The smallest absolute Gasteiger partial charge is 0.428 e. The molecule has 0 aliphatic rings. The Bertz CT molecular complexity index is 1290. The molecule has 0 spiro atoms. The van der Waals surface area contributed by atoms with Gasteiger partial charge in [0, 0.05) is 29.2 Å². The SMILES string of the molecule is CC(C)N(C)C(=O)c1cc(-n2ncnc2[C@H](C)NC(=O)c2cc(Br)cc(OC(F)(F)C(F)F)c2)ncn1. The Morgan fingerprint density at radius 1 is 1.08 bits per heavy atom.